The van der Waals surface area contributed by atoms with Crippen molar-refractivity contribution in [3.05, 3.63) is 24.3 Å². The van der Waals surface area contributed by atoms with Gasteiger partial charge < -0.3 is 4.74 Å². The van der Waals surface area contributed by atoms with Gasteiger partial charge in [-0.15, -0.1) is 0 Å². The largest absolute Gasteiger partial charge is 0.494 e. The zero-order valence-corrected chi connectivity index (χ0v) is 13.6. The van der Waals surface area contributed by atoms with Crippen molar-refractivity contribution in [2.75, 3.05) is 11.5 Å². The maximum absolute atomic E-state index is 12.4. The number of hydrazine groups is 1. The molecule has 0 spiro atoms. The Morgan fingerprint density at radius 1 is 1.25 bits per heavy atom. The number of nitrogens with zero attached hydrogens (tertiary/aromatic N) is 1. The molecule has 1 aromatic carbocycles. The first-order valence-corrected chi connectivity index (χ1v) is 8.25. The van der Waals surface area contributed by atoms with Gasteiger partial charge in [0.1, 0.15) is 11.8 Å². The van der Waals surface area contributed by atoms with Crippen molar-refractivity contribution in [1.82, 2.24) is 10.9 Å². The molecular weight excluding hydrogens is 310 g/mol. The summed E-state index contributed by atoms with van der Waals surface area (Å²) in [6.07, 6.45) is 2.69. The van der Waals surface area contributed by atoms with Crippen molar-refractivity contribution < 1.29 is 19.1 Å². The number of rotatable bonds is 7. The Balaban J connectivity index is 1.61. The van der Waals surface area contributed by atoms with E-state index in [1.165, 1.54) is 0 Å². The van der Waals surface area contributed by atoms with Crippen molar-refractivity contribution in [2.45, 2.75) is 38.6 Å². The molecule has 2 aliphatic rings. The van der Waals surface area contributed by atoms with Crippen LogP contribution in [-0.2, 0) is 14.4 Å². The van der Waals surface area contributed by atoms with Gasteiger partial charge in [0.05, 0.1) is 18.7 Å². The number of hydrogen-bond acceptors (Lipinski definition) is 5. The van der Waals surface area contributed by atoms with Crippen LogP contribution in [0, 0.1) is 5.92 Å². The molecular formula is C17H21N3O4. The summed E-state index contributed by atoms with van der Waals surface area (Å²) in [5.41, 5.74) is 5.72. The lowest BCUT2D eigenvalue weighted by Gasteiger charge is -2.16. The fourth-order valence-electron chi connectivity index (χ4n) is 2.53. The first-order chi connectivity index (χ1) is 11.6. The number of anilines is 1. The van der Waals surface area contributed by atoms with Crippen LogP contribution in [0.25, 0.3) is 0 Å². The summed E-state index contributed by atoms with van der Waals surface area (Å²) >= 11 is 0. The van der Waals surface area contributed by atoms with Crippen LogP contribution >= 0.6 is 0 Å². The molecule has 2 N–H and O–H groups in total. The molecule has 3 rings (SSSR count). The van der Waals surface area contributed by atoms with Crippen LogP contribution in [-0.4, -0.2) is 30.4 Å². The second-order valence-electron chi connectivity index (χ2n) is 6.07. The molecule has 1 heterocycles. The van der Waals surface area contributed by atoms with Crippen LogP contribution in [0.4, 0.5) is 5.69 Å². The van der Waals surface area contributed by atoms with Gasteiger partial charge in [-0.25, -0.2) is 10.3 Å². The van der Waals surface area contributed by atoms with Crippen LogP contribution < -0.4 is 20.5 Å². The number of hydrogen-bond donors (Lipinski definition) is 2. The molecule has 1 saturated carbocycles. The summed E-state index contributed by atoms with van der Waals surface area (Å²) in [6.45, 7) is 2.64. The van der Waals surface area contributed by atoms with Crippen LogP contribution in [0.1, 0.15) is 32.6 Å². The molecule has 1 saturated heterocycles. The maximum Gasteiger partial charge on any atom is 0.253 e. The highest BCUT2D eigenvalue weighted by atomic mass is 16.5. The second kappa shape index (κ2) is 7.00. The van der Waals surface area contributed by atoms with E-state index in [-0.39, 0.29) is 30.1 Å². The lowest BCUT2D eigenvalue weighted by Crippen LogP contribution is -2.48. The summed E-state index contributed by atoms with van der Waals surface area (Å²) in [6, 6.07) is 6.12. The van der Waals surface area contributed by atoms with E-state index in [4.69, 9.17) is 4.74 Å². The van der Waals surface area contributed by atoms with Crippen LogP contribution in [0.5, 0.6) is 5.75 Å². The van der Waals surface area contributed by atoms with Crippen molar-refractivity contribution in [1.29, 1.82) is 0 Å². The van der Waals surface area contributed by atoms with E-state index >= 15 is 0 Å². The predicted molar refractivity (Wildman–Crippen MR) is 87.1 cm³/mol. The Morgan fingerprint density at radius 2 is 1.96 bits per heavy atom. The zero-order valence-electron chi connectivity index (χ0n) is 13.6. The van der Waals surface area contributed by atoms with E-state index in [9.17, 15) is 14.4 Å². The zero-order chi connectivity index (χ0) is 17.1. The molecule has 1 aromatic rings. The Morgan fingerprint density at radius 3 is 2.58 bits per heavy atom. The quantitative estimate of drug-likeness (QED) is 0.578. The van der Waals surface area contributed by atoms with Crippen LogP contribution in [0.2, 0.25) is 0 Å². The number of carbonyl (C=O) groups is 3. The van der Waals surface area contributed by atoms with Crippen molar-refractivity contribution >= 4 is 23.4 Å². The minimum atomic E-state index is -0.726. The van der Waals surface area contributed by atoms with Gasteiger partial charge in [0.15, 0.2) is 0 Å². The third-order valence-corrected chi connectivity index (χ3v) is 4.03. The Kier molecular flexibility index (Phi) is 4.80. The average Bonchev–Trinajstić information content (AvgIpc) is 3.38. The number of imide groups is 1. The number of benzene rings is 1. The molecule has 0 radical (unpaired) electrons. The Labute approximate surface area is 140 Å². The van der Waals surface area contributed by atoms with Gasteiger partial charge in [-0.3, -0.25) is 19.8 Å². The van der Waals surface area contributed by atoms with Gasteiger partial charge in [0.25, 0.3) is 5.91 Å². The monoisotopic (exact) mass is 331 g/mol. The van der Waals surface area contributed by atoms with Crippen LogP contribution in [0.15, 0.2) is 24.3 Å². The van der Waals surface area contributed by atoms with Gasteiger partial charge >= 0.3 is 0 Å². The highest BCUT2D eigenvalue weighted by Gasteiger charge is 2.40. The molecule has 0 bridgehead atoms. The molecule has 1 aliphatic carbocycles. The van der Waals surface area contributed by atoms with E-state index in [1.54, 1.807) is 24.3 Å². The predicted octanol–water partition coefficient (Wildman–Crippen LogP) is 1.14. The second-order valence-corrected chi connectivity index (χ2v) is 6.07. The van der Waals surface area contributed by atoms with Gasteiger partial charge in [-0.1, -0.05) is 6.92 Å². The average molecular weight is 331 g/mol. The lowest BCUT2D eigenvalue weighted by molar-refractivity contribution is -0.124. The number of amides is 3. The molecule has 7 heteroatoms. The van der Waals surface area contributed by atoms with E-state index in [0.29, 0.717) is 18.0 Å². The number of ether oxygens (including phenoxy) is 1. The van der Waals surface area contributed by atoms with Crippen molar-refractivity contribution in [2.24, 2.45) is 5.92 Å². The fourth-order valence-corrected chi connectivity index (χ4v) is 2.53. The Hall–Kier alpha value is -2.41. The third kappa shape index (κ3) is 3.56. The molecule has 7 nitrogen and oxygen atoms in total. The van der Waals surface area contributed by atoms with Crippen molar-refractivity contribution in [3.63, 3.8) is 0 Å². The maximum atomic E-state index is 12.4. The summed E-state index contributed by atoms with van der Waals surface area (Å²) in [4.78, 5) is 37.4. The van der Waals surface area contributed by atoms with E-state index < -0.39 is 6.04 Å². The molecule has 1 aliphatic heterocycles. The van der Waals surface area contributed by atoms with Gasteiger partial charge in [0.2, 0.25) is 11.8 Å². The van der Waals surface area contributed by atoms with Gasteiger partial charge in [-0.05, 0) is 43.5 Å². The standard InChI is InChI=1S/C17H21N3O4/c1-2-9-24-13-7-5-12(6-8-13)20-15(21)10-14(17(20)23)18-19-16(22)11-3-4-11/h5-8,11,14,18H,2-4,9-10H2,1H3,(H,19,22)/t14-/m0/s1. The molecule has 0 aromatic heterocycles. The topological polar surface area (TPSA) is 87.7 Å². The minimum Gasteiger partial charge on any atom is -0.494 e. The van der Waals surface area contributed by atoms with Gasteiger partial charge in [-0.2, -0.15) is 0 Å². The third-order valence-electron chi connectivity index (χ3n) is 4.03. The summed E-state index contributed by atoms with van der Waals surface area (Å²) < 4.78 is 5.49. The van der Waals surface area contributed by atoms with E-state index in [0.717, 1.165) is 24.2 Å². The smallest absolute Gasteiger partial charge is 0.253 e. The summed E-state index contributed by atoms with van der Waals surface area (Å²) in [5.74, 6) is -0.0348. The number of nitrogens with one attached hydrogen (secondary N) is 2. The van der Waals surface area contributed by atoms with Crippen molar-refractivity contribution in [3.8, 4) is 5.75 Å². The van der Waals surface area contributed by atoms with Crippen LogP contribution in [0.3, 0.4) is 0 Å². The highest BCUT2D eigenvalue weighted by molar-refractivity contribution is 6.22. The summed E-state index contributed by atoms with van der Waals surface area (Å²) in [5, 5.41) is 0. The lowest BCUT2D eigenvalue weighted by atomic mass is 10.2. The van der Waals surface area contributed by atoms with E-state index in [2.05, 4.69) is 10.9 Å². The SMILES string of the molecule is CCCOc1ccc(N2C(=O)C[C@H](NNC(=O)C3CC3)C2=O)cc1. The highest BCUT2D eigenvalue weighted by Crippen LogP contribution is 2.29. The Bertz CT molecular complexity index is 640. The molecule has 24 heavy (non-hydrogen) atoms. The molecule has 128 valence electrons. The van der Waals surface area contributed by atoms with E-state index in [1.807, 2.05) is 6.92 Å². The molecule has 2 fully saturated rings. The van der Waals surface area contributed by atoms with Gasteiger partial charge in [0, 0.05) is 5.92 Å². The molecule has 1 atom stereocenters. The molecule has 0 unspecified atom stereocenters. The number of carbonyl (C=O) groups excluding carboxylic acids is 3. The normalized spacial score (nSPS) is 20.4. The molecule has 3 amide bonds. The minimum absolute atomic E-state index is 0.0257. The summed E-state index contributed by atoms with van der Waals surface area (Å²) in [7, 11) is 0. The first kappa shape index (κ1) is 16.4. The fraction of sp³-hybridized carbons (Fsp3) is 0.471. The first-order valence-electron chi connectivity index (χ1n) is 8.25.